The summed E-state index contributed by atoms with van der Waals surface area (Å²) >= 11 is 0. The standard InChI is InChI=1S/C17H17NO3/c1-18(13-16-6-4-12-21-16)17(20)15-9-7-14(8-10-15)5-2-3-11-19/h4,6-10,12,19H,3,11,13H2,1H3. The van der Waals surface area contributed by atoms with Crippen LogP contribution in [0, 0.1) is 11.8 Å². The lowest BCUT2D eigenvalue weighted by Gasteiger charge is -2.15. The predicted molar refractivity (Wildman–Crippen MR) is 79.5 cm³/mol. The number of carbonyl (C=O) groups is 1. The van der Waals surface area contributed by atoms with Gasteiger partial charge < -0.3 is 14.4 Å². The largest absolute Gasteiger partial charge is 0.467 e. The number of aliphatic hydroxyl groups is 1. The van der Waals surface area contributed by atoms with Crippen molar-refractivity contribution in [3.63, 3.8) is 0 Å². The first kappa shape index (κ1) is 14.9. The lowest BCUT2D eigenvalue weighted by molar-refractivity contribution is 0.0775. The molecule has 0 aliphatic heterocycles. The van der Waals surface area contributed by atoms with Crippen LogP contribution in [0.1, 0.15) is 28.1 Å². The van der Waals surface area contributed by atoms with Gasteiger partial charge in [0.15, 0.2) is 0 Å². The van der Waals surface area contributed by atoms with E-state index < -0.39 is 0 Å². The smallest absolute Gasteiger partial charge is 0.254 e. The lowest BCUT2D eigenvalue weighted by Crippen LogP contribution is -2.25. The van der Waals surface area contributed by atoms with Gasteiger partial charge in [0.1, 0.15) is 5.76 Å². The number of nitrogens with zero attached hydrogens (tertiary/aromatic N) is 1. The lowest BCUT2D eigenvalue weighted by atomic mass is 10.1. The molecule has 0 aliphatic rings. The van der Waals surface area contributed by atoms with Crippen LogP contribution in [0.5, 0.6) is 0 Å². The summed E-state index contributed by atoms with van der Waals surface area (Å²) in [6, 6.07) is 10.8. The maximum atomic E-state index is 12.3. The van der Waals surface area contributed by atoms with Crippen molar-refractivity contribution in [2.75, 3.05) is 13.7 Å². The van der Waals surface area contributed by atoms with Gasteiger partial charge in [-0.05, 0) is 36.4 Å². The summed E-state index contributed by atoms with van der Waals surface area (Å²) in [7, 11) is 1.74. The van der Waals surface area contributed by atoms with Crippen LogP contribution in [0.4, 0.5) is 0 Å². The summed E-state index contributed by atoms with van der Waals surface area (Å²) in [5, 5.41) is 8.67. The van der Waals surface area contributed by atoms with E-state index in [9.17, 15) is 4.79 Å². The van der Waals surface area contributed by atoms with Gasteiger partial charge in [-0.3, -0.25) is 4.79 Å². The molecule has 4 heteroatoms. The Morgan fingerprint density at radius 2 is 2.05 bits per heavy atom. The van der Waals surface area contributed by atoms with E-state index >= 15 is 0 Å². The van der Waals surface area contributed by atoms with Crippen molar-refractivity contribution in [1.82, 2.24) is 4.90 Å². The molecule has 1 N–H and O–H groups in total. The molecule has 1 aromatic heterocycles. The normalized spacial score (nSPS) is 9.81. The maximum Gasteiger partial charge on any atom is 0.254 e. The third kappa shape index (κ3) is 4.23. The van der Waals surface area contributed by atoms with Gasteiger partial charge in [0, 0.05) is 24.6 Å². The summed E-state index contributed by atoms with van der Waals surface area (Å²) in [6.45, 7) is 0.491. The van der Waals surface area contributed by atoms with E-state index in [0.29, 0.717) is 18.5 Å². The highest BCUT2D eigenvalue weighted by molar-refractivity contribution is 5.94. The van der Waals surface area contributed by atoms with Gasteiger partial charge in [-0.25, -0.2) is 0 Å². The Hall–Kier alpha value is -2.51. The second-order valence-corrected chi connectivity index (χ2v) is 4.59. The minimum Gasteiger partial charge on any atom is -0.467 e. The second kappa shape index (κ2) is 7.32. The van der Waals surface area contributed by atoms with Crippen molar-refractivity contribution >= 4 is 5.91 Å². The molecular weight excluding hydrogens is 266 g/mol. The van der Waals surface area contributed by atoms with Gasteiger partial charge in [-0.15, -0.1) is 0 Å². The fraction of sp³-hybridized carbons (Fsp3) is 0.235. The number of hydrogen-bond acceptors (Lipinski definition) is 3. The first-order valence-corrected chi connectivity index (χ1v) is 6.68. The zero-order valence-corrected chi connectivity index (χ0v) is 11.9. The Kier molecular flexibility index (Phi) is 5.19. The molecule has 0 atom stereocenters. The summed E-state index contributed by atoms with van der Waals surface area (Å²) in [5.41, 5.74) is 1.44. The predicted octanol–water partition coefficient (Wildman–Crippen LogP) is 2.29. The molecule has 0 saturated heterocycles. The highest BCUT2D eigenvalue weighted by Crippen LogP contribution is 2.10. The molecule has 2 rings (SSSR count). The molecule has 2 aromatic rings. The van der Waals surface area contributed by atoms with Gasteiger partial charge >= 0.3 is 0 Å². The van der Waals surface area contributed by atoms with Crippen molar-refractivity contribution < 1.29 is 14.3 Å². The van der Waals surface area contributed by atoms with E-state index in [-0.39, 0.29) is 12.5 Å². The molecule has 0 saturated carbocycles. The average molecular weight is 283 g/mol. The molecule has 0 spiro atoms. The molecule has 1 heterocycles. The van der Waals surface area contributed by atoms with Crippen LogP contribution >= 0.6 is 0 Å². The van der Waals surface area contributed by atoms with E-state index in [1.165, 1.54) is 0 Å². The van der Waals surface area contributed by atoms with Crippen LogP contribution < -0.4 is 0 Å². The number of hydrogen-bond donors (Lipinski definition) is 1. The molecule has 0 unspecified atom stereocenters. The summed E-state index contributed by atoms with van der Waals surface area (Å²) in [5.74, 6) is 6.45. The molecule has 4 nitrogen and oxygen atoms in total. The quantitative estimate of drug-likeness (QED) is 0.876. The maximum absolute atomic E-state index is 12.3. The van der Waals surface area contributed by atoms with Gasteiger partial charge in [0.05, 0.1) is 19.4 Å². The molecule has 1 aromatic carbocycles. The van der Waals surface area contributed by atoms with Crippen molar-refractivity contribution in [3.05, 3.63) is 59.5 Å². The third-order valence-corrected chi connectivity index (χ3v) is 2.92. The monoisotopic (exact) mass is 283 g/mol. The van der Waals surface area contributed by atoms with E-state index in [2.05, 4.69) is 11.8 Å². The molecule has 108 valence electrons. The number of amides is 1. The van der Waals surface area contributed by atoms with Gasteiger partial charge in [0.2, 0.25) is 0 Å². The molecular formula is C17H17NO3. The molecule has 0 aliphatic carbocycles. The number of rotatable bonds is 4. The van der Waals surface area contributed by atoms with Gasteiger partial charge in [-0.2, -0.15) is 0 Å². The number of carbonyl (C=O) groups excluding carboxylic acids is 1. The van der Waals surface area contributed by atoms with Crippen molar-refractivity contribution in [1.29, 1.82) is 0 Å². The van der Waals surface area contributed by atoms with E-state index in [0.717, 1.165) is 11.3 Å². The third-order valence-electron chi connectivity index (χ3n) is 2.92. The van der Waals surface area contributed by atoms with Crippen molar-refractivity contribution in [3.8, 4) is 11.8 Å². The minimum absolute atomic E-state index is 0.0567. The Labute approximate surface area is 124 Å². The van der Waals surface area contributed by atoms with E-state index in [4.69, 9.17) is 9.52 Å². The van der Waals surface area contributed by atoms with Crippen molar-refractivity contribution in [2.45, 2.75) is 13.0 Å². The number of aliphatic hydroxyl groups excluding tert-OH is 1. The van der Waals surface area contributed by atoms with Crippen LogP contribution in [0.3, 0.4) is 0 Å². The van der Waals surface area contributed by atoms with Crippen LogP contribution in [0.15, 0.2) is 47.1 Å². The first-order chi connectivity index (χ1) is 10.2. The van der Waals surface area contributed by atoms with Gasteiger partial charge in [-0.1, -0.05) is 11.8 Å². The Morgan fingerprint density at radius 3 is 2.67 bits per heavy atom. The zero-order chi connectivity index (χ0) is 15.1. The van der Waals surface area contributed by atoms with Crippen LogP contribution in [-0.4, -0.2) is 29.6 Å². The average Bonchev–Trinajstić information content (AvgIpc) is 3.00. The second-order valence-electron chi connectivity index (χ2n) is 4.59. The van der Waals surface area contributed by atoms with E-state index in [1.54, 1.807) is 48.5 Å². The summed E-state index contributed by atoms with van der Waals surface area (Å²) in [4.78, 5) is 13.9. The van der Waals surface area contributed by atoms with Crippen LogP contribution in [0.25, 0.3) is 0 Å². The Balaban J connectivity index is 2.01. The fourth-order valence-corrected chi connectivity index (χ4v) is 1.85. The minimum atomic E-state index is -0.0683. The molecule has 21 heavy (non-hydrogen) atoms. The first-order valence-electron chi connectivity index (χ1n) is 6.68. The zero-order valence-electron chi connectivity index (χ0n) is 11.9. The Bertz CT molecular complexity index is 633. The van der Waals surface area contributed by atoms with E-state index in [1.807, 2.05) is 6.07 Å². The molecule has 0 radical (unpaired) electrons. The fourth-order valence-electron chi connectivity index (χ4n) is 1.85. The van der Waals surface area contributed by atoms with Crippen LogP contribution in [0.2, 0.25) is 0 Å². The summed E-state index contributed by atoms with van der Waals surface area (Å²) in [6.07, 6.45) is 2.04. The SMILES string of the molecule is CN(Cc1ccco1)C(=O)c1ccc(C#CCCO)cc1. The molecule has 1 amide bonds. The summed E-state index contributed by atoms with van der Waals surface area (Å²) < 4.78 is 5.23. The molecule has 0 fully saturated rings. The topological polar surface area (TPSA) is 53.7 Å². The van der Waals surface area contributed by atoms with Crippen molar-refractivity contribution in [2.24, 2.45) is 0 Å². The number of furan rings is 1. The highest BCUT2D eigenvalue weighted by atomic mass is 16.3. The number of benzene rings is 1. The van der Waals surface area contributed by atoms with Crippen LogP contribution in [-0.2, 0) is 6.54 Å². The van der Waals surface area contributed by atoms with Gasteiger partial charge in [0.25, 0.3) is 5.91 Å². The Morgan fingerprint density at radius 1 is 1.29 bits per heavy atom. The highest BCUT2D eigenvalue weighted by Gasteiger charge is 2.12. The molecule has 0 bridgehead atoms.